The monoisotopic (exact) mass is 354 g/mol. The van der Waals surface area contributed by atoms with E-state index < -0.39 is 10.7 Å². The Morgan fingerprint density at radius 3 is 2.81 bits per heavy atom. The number of hydrogen-bond donors (Lipinski definition) is 1. The minimum atomic E-state index is -0.452. The largest absolute Gasteiger partial charge is 0.494 e. The highest BCUT2D eigenvalue weighted by Gasteiger charge is 2.15. The lowest BCUT2D eigenvalue weighted by Crippen LogP contribution is -2.03. The van der Waals surface area contributed by atoms with Gasteiger partial charge in [0.15, 0.2) is 0 Å². The fourth-order valence-corrected chi connectivity index (χ4v) is 2.39. The summed E-state index contributed by atoms with van der Waals surface area (Å²) in [5, 5.41) is 14.0. The molecule has 0 unspecified atom stereocenters. The van der Waals surface area contributed by atoms with E-state index >= 15 is 0 Å². The molecular weight excluding hydrogens is 343 g/mol. The first-order valence-corrected chi connectivity index (χ1v) is 6.81. The van der Waals surface area contributed by atoms with Gasteiger partial charge in [0, 0.05) is 18.7 Å². The summed E-state index contributed by atoms with van der Waals surface area (Å²) in [6.45, 7) is 0.338. The van der Waals surface area contributed by atoms with Crippen molar-refractivity contribution in [2.75, 3.05) is 12.4 Å². The molecule has 110 valence electrons. The van der Waals surface area contributed by atoms with Gasteiger partial charge in [0.25, 0.3) is 5.69 Å². The topological polar surface area (TPSA) is 64.4 Å². The number of nitrogens with zero attached hydrogens (tertiary/aromatic N) is 1. The van der Waals surface area contributed by atoms with Crippen LogP contribution < -0.4 is 10.1 Å². The number of nitro groups is 1. The van der Waals surface area contributed by atoms with Crippen LogP contribution in [0.4, 0.5) is 15.8 Å². The van der Waals surface area contributed by atoms with Crippen LogP contribution in [0.25, 0.3) is 0 Å². The lowest BCUT2D eigenvalue weighted by Gasteiger charge is -2.12. The molecule has 1 N–H and O–H groups in total. The van der Waals surface area contributed by atoms with E-state index in [4.69, 9.17) is 4.74 Å². The molecule has 0 aliphatic rings. The number of hydrogen-bond acceptors (Lipinski definition) is 4. The summed E-state index contributed by atoms with van der Waals surface area (Å²) >= 11 is 3.23. The first-order chi connectivity index (χ1) is 10.0. The summed E-state index contributed by atoms with van der Waals surface area (Å²) in [4.78, 5) is 10.4. The van der Waals surface area contributed by atoms with E-state index in [2.05, 4.69) is 21.2 Å². The maximum absolute atomic E-state index is 13.1. The normalized spacial score (nSPS) is 10.2. The summed E-state index contributed by atoms with van der Waals surface area (Å²) in [5.74, 6) is -0.0227. The van der Waals surface area contributed by atoms with Gasteiger partial charge < -0.3 is 10.1 Å². The number of rotatable bonds is 5. The Morgan fingerprint density at radius 2 is 2.14 bits per heavy atom. The molecule has 0 aliphatic heterocycles. The van der Waals surface area contributed by atoms with Gasteiger partial charge in [0.2, 0.25) is 0 Å². The van der Waals surface area contributed by atoms with Crippen LogP contribution in [-0.2, 0) is 6.54 Å². The smallest absolute Gasteiger partial charge is 0.283 e. The minimum absolute atomic E-state index is 0.000344. The molecule has 0 saturated heterocycles. The van der Waals surface area contributed by atoms with E-state index in [0.29, 0.717) is 22.5 Å². The average Bonchev–Trinajstić information content (AvgIpc) is 2.46. The zero-order valence-electron chi connectivity index (χ0n) is 11.1. The van der Waals surface area contributed by atoms with Crippen LogP contribution in [0.1, 0.15) is 5.56 Å². The molecule has 2 rings (SSSR count). The summed E-state index contributed by atoms with van der Waals surface area (Å²) in [6, 6.07) is 8.94. The van der Waals surface area contributed by atoms with Gasteiger partial charge >= 0.3 is 0 Å². The van der Waals surface area contributed by atoms with Crippen molar-refractivity contribution in [2.24, 2.45) is 0 Å². The number of ether oxygens (including phenoxy) is 1. The van der Waals surface area contributed by atoms with Crippen LogP contribution in [0.15, 0.2) is 40.9 Å². The predicted octanol–water partition coefficient (Wildman–Crippen LogP) is 4.12. The maximum Gasteiger partial charge on any atom is 0.283 e. The second kappa shape index (κ2) is 6.53. The Bertz CT molecular complexity index is 679. The highest BCUT2D eigenvalue weighted by Crippen LogP contribution is 2.30. The van der Waals surface area contributed by atoms with E-state index in [9.17, 15) is 14.5 Å². The van der Waals surface area contributed by atoms with Crippen LogP contribution in [0.2, 0.25) is 0 Å². The summed E-state index contributed by atoms with van der Waals surface area (Å²) < 4.78 is 18.6. The van der Waals surface area contributed by atoms with Crippen molar-refractivity contribution in [2.45, 2.75) is 6.54 Å². The van der Waals surface area contributed by atoms with Crippen LogP contribution >= 0.6 is 15.9 Å². The number of methoxy groups -OCH3 is 1. The van der Waals surface area contributed by atoms with Crippen molar-refractivity contribution in [1.29, 1.82) is 0 Å². The van der Waals surface area contributed by atoms with Crippen molar-refractivity contribution in [3.05, 3.63) is 62.4 Å². The average molecular weight is 355 g/mol. The lowest BCUT2D eigenvalue weighted by molar-refractivity contribution is -0.385. The van der Waals surface area contributed by atoms with E-state index in [1.54, 1.807) is 18.2 Å². The van der Waals surface area contributed by atoms with Gasteiger partial charge in [-0.05, 0) is 33.6 Å². The van der Waals surface area contributed by atoms with E-state index in [1.807, 2.05) is 0 Å². The van der Waals surface area contributed by atoms with Gasteiger partial charge in [-0.25, -0.2) is 4.39 Å². The highest BCUT2D eigenvalue weighted by molar-refractivity contribution is 9.10. The quantitative estimate of drug-likeness (QED) is 0.647. The zero-order valence-corrected chi connectivity index (χ0v) is 12.7. The number of halogens is 2. The third-order valence-corrected chi connectivity index (χ3v) is 3.80. The molecule has 2 aromatic carbocycles. The molecule has 0 fully saturated rings. The third-order valence-electron chi connectivity index (χ3n) is 2.89. The van der Waals surface area contributed by atoms with Crippen LogP contribution in [-0.4, -0.2) is 12.0 Å². The second-order valence-electron chi connectivity index (χ2n) is 4.21. The molecule has 0 aromatic heterocycles. The lowest BCUT2D eigenvalue weighted by atomic mass is 10.2. The van der Waals surface area contributed by atoms with E-state index in [0.717, 1.165) is 5.56 Å². The first-order valence-electron chi connectivity index (χ1n) is 6.02. The molecule has 5 nitrogen and oxygen atoms in total. The number of nitro benzene ring substituents is 1. The van der Waals surface area contributed by atoms with Crippen molar-refractivity contribution < 1.29 is 14.1 Å². The molecule has 0 saturated carbocycles. The van der Waals surface area contributed by atoms with E-state index in [-0.39, 0.29) is 5.69 Å². The molecular formula is C14H12BrFN2O3. The third kappa shape index (κ3) is 3.49. The van der Waals surface area contributed by atoms with Gasteiger partial charge in [0.05, 0.1) is 17.7 Å². The maximum atomic E-state index is 13.1. The van der Waals surface area contributed by atoms with Gasteiger partial charge in [-0.15, -0.1) is 0 Å². The van der Waals surface area contributed by atoms with Gasteiger partial charge in [-0.3, -0.25) is 10.1 Å². The Hall–Kier alpha value is -2.15. The summed E-state index contributed by atoms with van der Waals surface area (Å²) in [6.07, 6.45) is 0. The zero-order chi connectivity index (χ0) is 15.4. The molecule has 0 amide bonds. The number of anilines is 1. The van der Waals surface area contributed by atoms with Crippen LogP contribution in [0, 0.1) is 15.9 Å². The fourth-order valence-electron chi connectivity index (χ4n) is 1.85. The highest BCUT2D eigenvalue weighted by atomic mass is 79.9. The standard InChI is InChI=1S/C14H12BrFN2O3/c1-21-13-7-10(16)5-6-11(13)17-8-9-3-2-4-12(14(9)15)18(19)20/h2-7,17H,8H2,1H3. The molecule has 0 radical (unpaired) electrons. The molecule has 0 heterocycles. The second-order valence-corrected chi connectivity index (χ2v) is 5.00. The van der Waals surface area contributed by atoms with Crippen LogP contribution in [0.3, 0.4) is 0 Å². The number of benzene rings is 2. The predicted molar refractivity (Wildman–Crippen MR) is 81.1 cm³/mol. The summed E-state index contributed by atoms with van der Waals surface area (Å²) in [7, 11) is 1.45. The molecule has 0 aliphatic carbocycles. The molecule has 7 heteroatoms. The van der Waals surface area contributed by atoms with Crippen molar-refractivity contribution >= 4 is 27.3 Å². The Balaban J connectivity index is 2.21. The molecule has 0 spiro atoms. The Morgan fingerprint density at radius 1 is 1.38 bits per heavy atom. The van der Waals surface area contributed by atoms with Crippen molar-refractivity contribution in [1.82, 2.24) is 0 Å². The Labute approximate surface area is 129 Å². The van der Waals surface area contributed by atoms with Gasteiger partial charge in [-0.2, -0.15) is 0 Å². The van der Waals surface area contributed by atoms with E-state index in [1.165, 1.54) is 25.3 Å². The van der Waals surface area contributed by atoms with Gasteiger partial charge in [0.1, 0.15) is 16.0 Å². The first kappa shape index (κ1) is 15.2. The molecule has 21 heavy (non-hydrogen) atoms. The Kier molecular flexibility index (Phi) is 4.74. The fraction of sp³-hybridized carbons (Fsp3) is 0.143. The molecule has 0 bridgehead atoms. The van der Waals surface area contributed by atoms with Crippen molar-refractivity contribution in [3.8, 4) is 5.75 Å². The molecule has 2 aromatic rings. The molecule has 0 atom stereocenters. The van der Waals surface area contributed by atoms with Crippen LogP contribution in [0.5, 0.6) is 5.75 Å². The number of nitrogens with one attached hydrogen (secondary N) is 1. The summed E-state index contributed by atoms with van der Waals surface area (Å²) in [5.41, 5.74) is 1.33. The van der Waals surface area contributed by atoms with Crippen molar-refractivity contribution in [3.63, 3.8) is 0 Å². The SMILES string of the molecule is COc1cc(F)ccc1NCc1cccc([N+](=O)[O-])c1Br. The van der Waals surface area contributed by atoms with Gasteiger partial charge in [-0.1, -0.05) is 12.1 Å². The minimum Gasteiger partial charge on any atom is -0.494 e.